The van der Waals surface area contributed by atoms with Gasteiger partial charge in [0, 0.05) is 18.3 Å². The van der Waals surface area contributed by atoms with E-state index in [1.165, 1.54) is 24.3 Å². The molecular weight excluding hydrogens is 454 g/mol. The van der Waals surface area contributed by atoms with E-state index in [2.05, 4.69) is 20.6 Å². The van der Waals surface area contributed by atoms with Crippen molar-refractivity contribution in [3.8, 4) is 11.6 Å². The number of ether oxygens (including phenoxy) is 1. The van der Waals surface area contributed by atoms with Gasteiger partial charge in [0.1, 0.15) is 28.9 Å². The number of halogens is 2. The first-order valence-electron chi connectivity index (χ1n) is 11.0. The highest BCUT2D eigenvalue weighted by molar-refractivity contribution is 5.73. The van der Waals surface area contributed by atoms with Crippen molar-refractivity contribution >= 4 is 23.1 Å². The number of fused-ring (bicyclic) bond motifs is 1. The second kappa shape index (κ2) is 9.41. The Kier molecular flexibility index (Phi) is 6.01. The van der Waals surface area contributed by atoms with Gasteiger partial charge in [0.2, 0.25) is 11.8 Å². The van der Waals surface area contributed by atoms with E-state index in [9.17, 15) is 13.6 Å². The maximum absolute atomic E-state index is 13.4. The van der Waals surface area contributed by atoms with Gasteiger partial charge in [-0.1, -0.05) is 12.1 Å². The SMILES string of the molecule is CCN1CNc2c1c(=O)nc(Nc1ccc(Oc3ccc(F)cn3)cc1)n2Cc1ccc(F)cc1. The van der Waals surface area contributed by atoms with Gasteiger partial charge in [-0.05, 0) is 55.0 Å². The molecule has 0 spiro atoms. The van der Waals surface area contributed by atoms with E-state index >= 15 is 0 Å². The number of pyridine rings is 1. The molecule has 0 saturated heterocycles. The number of nitrogens with one attached hydrogen (secondary N) is 2. The van der Waals surface area contributed by atoms with Crippen LogP contribution in [0, 0.1) is 11.6 Å². The molecule has 0 aliphatic carbocycles. The van der Waals surface area contributed by atoms with Crippen LogP contribution in [0.5, 0.6) is 11.6 Å². The highest BCUT2D eigenvalue weighted by atomic mass is 19.1. The molecule has 3 heterocycles. The first-order valence-corrected chi connectivity index (χ1v) is 11.0. The van der Waals surface area contributed by atoms with Gasteiger partial charge in [-0.25, -0.2) is 13.8 Å². The van der Waals surface area contributed by atoms with Gasteiger partial charge in [0.25, 0.3) is 5.56 Å². The van der Waals surface area contributed by atoms with E-state index in [0.29, 0.717) is 48.6 Å². The first kappa shape index (κ1) is 22.3. The predicted octanol–water partition coefficient (Wildman–Crippen LogP) is 4.71. The molecule has 0 bridgehead atoms. The van der Waals surface area contributed by atoms with Crippen LogP contribution in [-0.4, -0.2) is 27.7 Å². The van der Waals surface area contributed by atoms with Crippen molar-refractivity contribution in [2.24, 2.45) is 0 Å². The first-order chi connectivity index (χ1) is 17.0. The fraction of sp³-hybridized carbons (Fsp3) is 0.160. The Morgan fingerprint density at radius 1 is 1.03 bits per heavy atom. The van der Waals surface area contributed by atoms with Crippen molar-refractivity contribution in [1.29, 1.82) is 0 Å². The molecule has 5 rings (SSSR count). The molecule has 4 aromatic rings. The van der Waals surface area contributed by atoms with Gasteiger partial charge in [0.05, 0.1) is 19.4 Å². The normalized spacial score (nSPS) is 12.3. The summed E-state index contributed by atoms with van der Waals surface area (Å²) in [5.74, 6) is 1.02. The van der Waals surface area contributed by atoms with E-state index in [4.69, 9.17) is 4.74 Å². The van der Waals surface area contributed by atoms with Crippen LogP contribution < -0.4 is 25.8 Å². The average molecular weight is 476 g/mol. The summed E-state index contributed by atoms with van der Waals surface area (Å²) < 4.78 is 34.0. The summed E-state index contributed by atoms with van der Waals surface area (Å²) in [5.41, 5.74) is 1.70. The molecule has 0 saturated carbocycles. The number of hydrogen-bond donors (Lipinski definition) is 2. The van der Waals surface area contributed by atoms with Gasteiger partial charge in [0.15, 0.2) is 0 Å². The molecule has 0 amide bonds. The fourth-order valence-corrected chi connectivity index (χ4v) is 3.83. The van der Waals surface area contributed by atoms with Crippen LogP contribution in [-0.2, 0) is 6.54 Å². The smallest absolute Gasteiger partial charge is 0.300 e. The summed E-state index contributed by atoms with van der Waals surface area (Å²) in [7, 11) is 0. The third-order valence-electron chi connectivity index (χ3n) is 5.58. The van der Waals surface area contributed by atoms with Gasteiger partial charge in [-0.2, -0.15) is 4.98 Å². The minimum absolute atomic E-state index is 0.270. The topological polar surface area (TPSA) is 84.3 Å². The Labute approximate surface area is 199 Å². The van der Waals surface area contributed by atoms with Crippen molar-refractivity contribution in [3.05, 3.63) is 94.4 Å². The summed E-state index contributed by atoms with van der Waals surface area (Å²) in [6, 6.07) is 15.9. The Balaban J connectivity index is 1.44. The zero-order chi connectivity index (χ0) is 24.4. The molecule has 8 nitrogen and oxygen atoms in total. The van der Waals surface area contributed by atoms with E-state index < -0.39 is 5.82 Å². The fourth-order valence-electron chi connectivity index (χ4n) is 3.83. The molecule has 0 fully saturated rings. The molecule has 0 unspecified atom stereocenters. The van der Waals surface area contributed by atoms with Crippen molar-refractivity contribution in [2.75, 3.05) is 28.7 Å². The summed E-state index contributed by atoms with van der Waals surface area (Å²) in [5, 5.41) is 6.49. The maximum Gasteiger partial charge on any atom is 0.300 e. The van der Waals surface area contributed by atoms with E-state index in [1.807, 2.05) is 16.4 Å². The Morgan fingerprint density at radius 2 is 1.77 bits per heavy atom. The molecule has 0 atom stereocenters. The van der Waals surface area contributed by atoms with Crippen LogP contribution in [0.3, 0.4) is 0 Å². The van der Waals surface area contributed by atoms with Crippen molar-refractivity contribution in [3.63, 3.8) is 0 Å². The van der Waals surface area contributed by atoms with Crippen molar-refractivity contribution < 1.29 is 13.5 Å². The molecule has 178 valence electrons. The monoisotopic (exact) mass is 476 g/mol. The van der Waals surface area contributed by atoms with Crippen LogP contribution in [0.1, 0.15) is 12.5 Å². The molecule has 0 radical (unpaired) electrons. The van der Waals surface area contributed by atoms with Gasteiger partial charge in [-0.15, -0.1) is 0 Å². The molecular formula is C25H22F2N6O2. The lowest BCUT2D eigenvalue weighted by atomic mass is 10.2. The number of hydrogen-bond acceptors (Lipinski definition) is 7. The lowest BCUT2D eigenvalue weighted by Crippen LogP contribution is -2.27. The summed E-state index contributed by atoms with van der Waals surface area (Å²) >= 11 is 0. The zero-order valence-corrected chi connectivity index (χ0v) is 18.8. The van der Waals surface area contributed by atoms with Crippen LogP contribution in [0.4, 0.5) is 31.9 Å². The highest BCUT2D eigenvalue weighted by Crippen LogP contribution is 2.31. The molecule has 2 aromatic carbocycles. The van der Waals surface area contributed by atoms with Gasteiger partial charge < -0.3 is 20.3 Å². The summed E-state index contributed by atoms with van der Waals surface area (Å²) in [6.45, 7) is 3.50. The molecule has 10 heteroatoms. The van der Waals surface area contributed by atoms with Crippen LogP contribution in [0.25, 0.3) is 0 Å². The lowest BCUT2D eigenvalue weighted by molar-refractivity contribution is 0.459. The lowest BCUT2D eigenvalue weighted by Gasteiger charge is -2.19. The quantitative estimate of drug-likeness (QED) is 0.400. The number of aromatic nitrogens is 3. The standard InChI is InChI=1S/C25H22F2N6O2/c1-2-32-15-29-23-22(32)24(34)31-25(33(23)14-16-3-5-17(26)6-4-16)30-19-8-10-20(11-9-19)35-21-12-7-18(27)13-28-21/h3-13,29H,2,14-15H2,1H3,(H,30,31,34). The van der Waals surface area contributed by atoms with Crippen LogP contribution in [0.2, 0.25) is 0 Å². The van der Waals surface area contributed by atoms with Gasteiger partial charge >= 0.3 is 0 Å². The molecule has 1 aliphatic heterocycles. The van der Waals surface area contributed by atoms with E-state index in [-0.39, 0.29) is 17.3 Å². The average Bonchev–Trinajstić information content (AvgIpc) is 3.30. The van der Waals surface area contributed by atoms with Crippen LogP contribution in [0.15, 0.2) is 71.7 Å². The second-order valence-electron chi connectivity index (χ2n) is 7.91. The van der Waals surface area contributed by atoms with Gasteiger partial charge in [-0.3, -0.25) is 9.36 Å². The van der Waals surface area contributed by atoms with Crippen LogP contribution >= 0.6 is 0 Å². The van der Waals surface area contributed by atoms with E-state index in [1.54, 1.807) is 36.4 Å². The Bertz CT molecular complexity index is 1390. The highest BCUT2D eigenvalue weighted by Gasteiger charge is 2.26. The maximum atomic E-state index is 13.4. The third kappa shape index (κ3) is 4.77. The third-order valence-corrected chi connectivity index (χ3v) is 5.58. The Hall–Kier alpha value is -4.47. The number of benzene rings is 2. The minimum Gasteiger partial charge on any atom is -0.439 e. The van der Waals surface area contributed by atoms with Crippen molar-refractivity contribution in [1.82, 2.24) is 14.5 Å². The molecule has 35 heavy (non-hydrogen) atoms. The summed E-state index contributed by atoms with van der Waals surface area (Å²) in [4.78, 5) is 23.0. The Morgan fingerprint density at radius 3 is 2.46 bits per heavy atom. The molecule has 2 N–H and O–H groups in total. The van der Waals surface area contributed by atoms with Crippen molar-refractivity contribution in [2.45, 2.75) is 13.5 Å². The predicted molar refractivity (Wildman–Crippen MR) is 130 cm³/mol. The molecule has 2 aromatic heterocycles. The number of rotatable bonds is 7. The molecule has 1 aliphatic rings. The number of anilines is 4. The zero-order valence-electron chi connectivity index (χ0n) is 18.8. The van der Waals surface area contributed by atoms with E-state index in [0.717, 1.165) is 11.8 Å². The second-order valence-corrected chi connectivity index (χ2v) is 7.91. The largest absolute Gasteiger partial charge is 0.439 e. The minimum atomic E-state index is -0.443. The summed E-state index contributed by atoms with van der Waals surface area (Å²) in [6.07, 6.45) is 1.08. The number of nitrogens with zero attached hydrogens (tertiary/aromatic N) is 4.